The Labute approximate surface area is 126 Å². The van der Waals surface area contributed by atoms with E-state index in [0.29, 0.717) is 24.1 Å². The molecule has 5 nitrogen and oxygen atoms in total. The van der Waals surface area contributed by atoms with E-state index < -0.39 is 5.97 Å². The molecule has 2 rings (SSSR count). The SMILES string of the molecule is Cc1cc(C)c(C(=O)O)cc1NC(=O)CCc1nccs1. The Kier molecular flexibility index (Phi) is 4.70. The highest BCUT2D eigenvalue weighted by Gasteiger charge is 2.12. The van der Waals surface area contributed by atoms with Crippen molar-refractivity contribution in [3.63, 3.8) is 0 Å². The summed E-state index contributed by atoms with van der Waals surface area (Å²) in [4.78, 5) is 27.2. The molecule has 0 atom stereocenters. The molecule has 1 heterocycles. The van der Waals surface area contributed by atoms with Crippen molar-refractivity contribution < 1.29 is 14.7 Å². The van der Waals surface area contributed by atoms with Crippen molar-refractivity contribution in [1.29, 1.82) is 0 Å². The van der Waals surface area contributed by atoms with Crippen LogP contribution in [0.2, 0.25) is 0 Å². The largest absolute Gasteiger partial charge is 0.478 e. The molecular formula is C15H16N2O3S. The third kappa shape index (κ3) is 3.88. The van der Waals surface area contributed by atoms with Crippen molar-refractivity contribution in [3.05, 3.63) is 45.4 Å². The summed E-state index contributed by atoms with van der Waals surface area (Å²) in [6, 6.07) is 3.27. The van der Waals surface area contributed by atoms with Crippen molar-refractivity contribution in [1.82, 2.24) is 4.98 Å². The van der Waals surface area contributed by atoms with Crippen molar-refractivity contribution in [3.8, 4) is 0 Å². The van der Waals surface area contributed by atoms with Gasteiger partial charge in [0.15, 0.2) is 0 Å². The van der Waals surface area contributed by atoms with Crippen molar-refractivity contribution in [2.75, 3.05) is 5.32 Å². The molecule has 2 N–H and O–H groups in total. The maximum atomic E-state index is 11.9. The van der Waals surface area contributed by atoms with Gasteiger partial charge in [0.1, 0.15) is 0 Å². The quantitative estimate of drug-likeness (QED) is 0.890. The number of carbonyl (C=O) groups is 2. The predicted octanol–water partition coefficient (Wildman–Crippen LogP) is 3.03. The summed E-state index contributed by atoms with van der Waals surface area (Å²) in [5.74, 6) is -1.14. The topological polar surface area (TPSA) is 79.3 Å². The minimum absolute atomic E-state index is 0.145. The fraction of sp³-hybridized carbons (Fsp3) is 0.267. The van der Waals surface area contributed by atoms with Crippen LogP contribution < -0.4 is 5.32 Å². The summed E-state index contributed by atoms with van der Waals surface area (Å²) >= 11 is 1.51. The Bertz CT molecular complexity index is 666. The average Bonchev–Trinajstić information content (AvgIpc) is 2.92. The fourth-order valence-electron chi connectivity index (χ4n) is 2.03. The van der Waals surface area contributed by atoms with Crippen molar-refractivity contribution in [2.24, 2.45) is 0 Å². The summed E-state index contributed by atoms with van der Waals surface area (Å²) < 4.78 is 0. The van der Waals surface area contributed by atoms with E-state index in [1.54, 1.807) is 19.2 Å². The molecule has 0 unspecified atom stereocenters. The zero-order chi connectivity index (χ0) is 15.4. The maximum absolute atomic E-state index is 11.9. The smallest absolute Gasteiger partial charge is 0.336 e. The van der Waals surface area contributed by atoms with E-state index in [2.05, 4.69) is 10.3 Å². The van der Waals surface area contributed by atoms with Gasteiger partial charge >= 0.3 is 5.97 Å². The average molecular weight is 304 g/mol. The van der Waals surface area contributed by atoms with Gasteiger partial charge in [-0.15, -0.1) is 11.3 Å². The van der Waals surface area contributed by atoms with Gasteiger partial charge in [0, 0.05) is 30.1 Å². The van der Waals surface area contributed by atoms with Crippen molar-refractivity contribution >= 4 is 28.9 Å². The van der Waals surface area contributed by atoms with Crippen LogP contribution in [0.1, 0.15) is 32.9 Å². The molecule has 0 aliphatic rings. The van der Waals surface area contributed by atoms with E-state index >= 15 is 0 Å². The van der Waals surface area contributed by atoms with Crippen LogP contribution in [0.25, 0.3) is 0 Å². The van der Waals surface area contributed by atoms with Crippen LogP contribution in [-0.4, -0.2) is 22.0 Å². The van der Waals surface area contributed by atoms with Gasteiger partial charge in [-0.2, -0.15) is 0 Å². The first-order valence-electron chi connectivity index (χ1n) is 6.50. The number of hydrogen-bond donors (Lipinski definition) is 2. The summed E-state index contributed by atoms with van der Waals surface area (Å²) in [5, 5.41) is 14.7. The number of nitrogens with one attached hydrogen (secondary N) is 1. The molecule has 1 aromatic heterocycles. The number of benzene rings is 1. The van der Waals surface area contributed by atoms with Crippen LogP contribution >= 0.6 is 11.3 Å². The molecular weight excluding hydrogens is 288 g/mol. The zero-order valence-corrected chi connectivity index (χ0v) is 12.7. The molecule has 0 bridgehead atoms. The summed E-state index contributed by atoms with van der Waals surface area (Å²) in [5.41, 5.74) is 2.28. The Balaban J connectivity index is 2.06. The van der Waals surface area contributed by atoms with E-state index in [4.69, 9.17) is 5.11 Å². The highest BCUT2D eigenvalue weighted by molar-refractivity contribution is 7.09. The number of hydrogen-bond acceptors (Lipinski definition) is 4. The second-order valence-corrected chi connectivity index (χ2v) is 5.74. The molecule has 0 aliphatic carbocycles. The Morgan fingerprint density at radius 3 is 2.67 bits per heavy atom. The minimum Gasteiger partial charge on any atom is -0.478 e. The van der Waals surface area contributed by atoms with Gasteiger partial charge in [-0.25, -0.2) is 9.78 Å². The molecule has 0 saturated heterocycles. The molecule has 6 heteroatoms. The first kappa shape index (κ1) is 15.2. The molecule has 0 fully saturated rings. The van der Waals surface area contributed by atoms with Gasteiger partial charge in [-0.05, 0) is 31.0 Å². The number of anilines is 1. The number of nitrogens with zero attached hydrogens (tertiary/aromatic N) is 1. The second-order valence-electron chi connectivity index (χ2n) is 4.76. The Morgan fingerprint density at radius 1 is 1.29 bits per heavy atom. The van der Waals surface area contributed by atoms with Crippen LogP contribution in [0.3, 0.4) is 0 Å². The van der Waals surface area contributed by atoms with Crippen molar-refractivity contribution in [2.45, 2.75) is 26.7 Å². The highest BCUT2D eigenvalue weighted by atomic mass is 32.1. The van der Waals surface area contributed by atoms with Crippen LogP contribution in [0.4, 0.5) is 5.69 Å². The van der Waals surface area contributed by atoms with E-state index in [0.717, 1.165) is 10.6 Å². The first-order chi connectivity index (χ1) is 9.97. The molecule has 1 aromatic carbocycles. The van der Waals surface area contributed by atoms with Gasteiger partial charge in [0.2, 0.25) is 5.91 Å². The summed E-state index contributed by atoms with van der Waals surface area (Å²) in [7, 11) is 0. The first-order valence-corrected chi connectivity index (χ1v) is 7.38. The number of thiazole rings is 1. The van der Waals surface area contributed by atoms with E-state index in [1.807, 2.05) is 12.3 Å². The van der Waals surface area contributed by atoms with Gasteiger partial charge in [-0.3, -0.25) is 4.79 Å². The molecule has 2 aromatic rings. The lowest BCUT2D eigenvalue weighted by molar-refractivity contribution is -0.116. The number of rotatable bonds is 5. The normalized spacial score (nSPS) is 10.4. The fourth-order valence-corrected chi connectivity index (χ4v) is 2.65. The second kappa shape index (κ2) is 6.49. The number of aromatic carboxylic acids is 1. The van der Waals surface area contributed by atoms with Crippen LogP contribution in [0.15, 0.2) is 23.7 Å². The molecule has 1 amide bonds. The van der Waals surface area contributed by atoms with Crippen LogP contribution in [0.5, 0.6) is 0 Å². The molecule has 21 heavy (non-hydrogen) atoms. The summed E-state index contributed by atoms with van der Waals surface area (Å²) in [6.07, 6.45) is 2.62. The van der Waals surface area contributed by atoms with Gasteiger partial charge in [0.05, 0.1) is 10.6 Å². The van der Waals surface area contributed by atoms with Gasteiger partial charge < -0.3 is 10.4 Å². The molecule has 0 saturated carbocycles. The van der Waals surface area contributed by atoms with E-state index in [1.165, 1.54) is 17.4 Å². The highest BCUT2D eigenvalue weighted by Crippen LogP contribution is 2.21. The third-order valence-electron chi connectivity index (χ3n) is 3.13. The number of aryl methyl sites for hydroxylation is 3. The number of carboxylic acids is 1. The predicted molar refractivity (Wildman–Crippen MR) is 81.9 cm³/mol. The number of aromatic nitrogens is 1. The zero-order valence-electron chi connectivity index (χ0n) is 11.8. The molecule has 0 aliphatic heterocycles. The third-order valence-corrected chi connectivity index (χ3v) is 3.96. The number of carbonyl (C=O) groups excluding carboxylic acids is 1. The monoisotopic (exact) mass is 304 g/mol. The minimum atomic E-state index is -0.995. The van der Waals surface area contributed by atoms with Crippen LogP contribution in [0, 0.1) is 13.8 Å². The van der Waals surface area contributed by atoms with Gasteiger partial charge in [0.25, 0.3) is 0 Å². The molecule has 0 spiro atoms. The van der Waals surface area contributed by atoms with Gasteiger partial charge in [-0.1, -0.05) is 6.07 Å². The molecule has 0 radical (unpaired) electrons. The number of amides is 1. The lowest BCUT2D eigenvalue weighted by atomic mass is 10.0. The Morgan fingerprint density at radius 2 is 2.05 bits per heavy atom. The lowest BCUT2D eigenvalue weighted by Crippen LogP contribution is -2.14. The summed E-state index contributed by atoms with van der Waals surface area (Å²) in [6.45, 7) is 3.58. The molecule has 110 valence electrons. The lowest BCUT2D eigenvalue weighted by Gasteiger charge is -2.11. The van der Waals surface area contributed by atoms with E-state index in [9.17, 15) is 9.59 Å². The standard InChI is InChI=1S/C15H16N2O3S/c1-9-7-10(2)12(8-11(9)15(19)20)17-13(18)3-4-14-16-5-6-21-14/h5-8H,3-4H2,1-2H3,(H,17,18)(H,19,20). The van der Waals surface area contributed by atoms with Crippen LogP contribution in [-0.2, 0) is 11.2 Å². The van der Waals surface area contributed by atoms with E-state index in [-0.39, 0.29) is 11.5 Å². The number of carboxylic acid groups (broad SMARTS) is 1. The maximum Gasteiger partial charge on any atom is 0.336 e. The Hall–Kier alpha value is -2.21.